The maximum absolute atomic E-state index is 12.1. The largest absolute Gasteiger partial charge is 0.299 e. The Morgan fingerprint density at radius 2 is 1.62 bits per heavy atom. The summed E-state index contributed by atoms with van der Waals surface area (Å²) >= 11 is 0. The Kier molecular flexibility index (Phi) is 6.80. The second-order valence-corrected chi connectivity index (χ2v) is 7.63. The van der Waals surface area contributed by atoms with Crippen molar-refractivity contribution in [1.29, 1.82) is 0 Å². The molecule has 0 fully saturated rings. The van der Waals surface area contributed by atoms with Gasteiger partial charge in [-0.1, -0.05) is 42.5 Å². The molecule has 0 unspecified atom stereocenters. The van der Waals surface area contributed by atoms with Crippen molar-refractivity contribution in [2.75, 3.05) is 19.6 Å². The highest BCUT2D eigenvalue weighted by molar-refractivity contribution is 7.89. The summed E-state index contributed by atoms with van der Waals surface area (Å²) in [5.41, 5.74) is 2.83. The quantitative estimate of drug-likeness (QED) is 0.800. The summed E-state index contributed by atoms with van der Waals surface area (Å²) in [6.45, 7) is 3.38. The van der Waals surface area contributed by atoms with Crippen LogP contribution in [-0.4, -0.2) is 33.0 Å². The minimum absolute atomic E-state index is 0. The zero-order valence-electron chi connectivity index (χ0n) is 13.5. The third-order valence-electron chi connectivity index (χ3n) is 4.21. The molecule has 0 saturated carbocycles. The molecule has 1 aliphatic rings. The smallest absolute Gasteiger partial charge is 0.240 e. The van der Waals surface area contributed by atoms with Gasteiger partial charge in [-0.25, -0.2) is 13.1 Å². The Labute approximate surface area is 150 Å². The van der Waals surface area contributed by atoms with Crippen molar-refractivity contribution in [2.24, 2.45) is 0 Å². The number of rotatable bonds is 6. The fourth-order valence-electron chi connectivity index (χ4n) is 2.94. The molecule has 0 bridgehead atoms. The Balaban J connectivity index is 0.00000208. The van der Waals surface area contributed by atoms with E-state index in [1.807, 2.05) is 6.07 Å². The summed E-state index contributed by atoms with van der Waals surface area (Å²) in [5.74, 6) is 0. The van der Waals surface area contributed by atoms with Gasteiger partial charge in [0.25, 0.3) is 0 Å². The molecule has 4 nitrogen and oxygen atoms in total. The lowest BCUT2D eigenvalue weighted by molar-refractivity contribution is 0.251. The van der Waals surface area contributed by atoms with E-state index >= 15 is 0 Å². The van der Waals surface area contributed by atoms with E-state index in [4.69, 9.17) is 0 Å². The highest BCUT2D eigenvalue weighted by Gasteiger charge is 2.16. The Bertz CT molecular complexity index is 751. The lowest BCUT2D eigenvalue weighted by Gasteiger charge is -2.28. The molecule has 1 aliphatic heterocycles. The number of benzene rings is 2. The number of sulfonamides is 1. The van der Waals surface area contributed by atoms with Crippen molar-refractivity contribution in [1.82, 2.24) is 9.62 Å². The summed E-state index contributed by atoms with van der Waals surface area (Å²) in [6.07, 6.45) is 1.89. The van der Waals surface area contributed by atoms with Gasteiger partial charge in [0.15, 0.2) is 0 Å². The molecule has 1 N–H and O–H groups in total. The van der Waals surface area contributed by atoms with Gasteiger partial charge in [-0.05, 0) is 42.6 Å². The average molecular weight is 367 g/mol. The van der Waals surface area contributed by atoms with Gasteiger partial charge < -0.3 is 0 Å². The predicted octanol–water partition coefficient (Wildman–Crippen LogP) is 2.84. The molecule has 0 aliphatic carbocycles. The van der Waals surface area contributed by atoms with Gasteiger partial charge >= 0.3 is 0 Å². The Morgan fingerprint density at radius 1 is 0.958 bits per heavy atom. The molecule has 3 rings (SSSR count). The number of fused-ring (bicyclic) bond motifs is 1. The highest BCUT2D eigenvalue weighted by atomic mass is 35.5. The van der Waals surface area contributed by atoms with Crippen LogP contribution in [0.5, 0.6) is 0 Å². The first kappa shape index (κ1) is 18.9. The third kappa shape index (κ3) is 4.80. The summed E-state index contributed by atoms with van der Waals surface area (Å²) < 4.78 is 26.9. The van der Waals surface area contributed by atoms with E-state index in [-0.39, 0.29) is 12.4 Å². The number of hydrogen-bond donors (Lipinski definition) is 1. The van der Waals surface area contributed by atoms with Crippen LogP contribution in [0.2, 0.25) is 0 Å². The van der Waals surface area contributed by atoms with E-state index < -0.39 is 10.0 Å². The maximum atomic E-state index is 12.1. The van der Waals surface area contributed by atoms with Crippen LogP contribution in [0.1, 0.15) is 17.5 Å². The minimum Gasteiger partial charge on any atom is -0.299 e. The monoisotopic (exact) mass is 366 g/mol. The fourth-order valence-corrected chi connectivity index (χ4v) is 4.03. The second-order valence-electron chi connectivity index (χ2n) is 5.86. The normalized spacial score (nSPS) is 14.7. The molecule has 0 atom stereocenters. The van der Waals surface area contributed by atoms with E-state index in [0.29, 0.717) is 11.4 Å². The highest BCUT2D eigenvalue weighted by Crippen LogP contribution is 2.18. The van der Waals surface area contributed by atoms with Crippen molar-refractivity contribution in [3.05, 3.63) is 65.7 Å². The van der Waals surface area contributed by atoms with Crippen molar-refractivity contribution in [3.8, 4) is 0 Å². The summed E-state index contributed by atoms with van der Waals surface area (Å²) in [4.78, 5) is 2.71. The van der Waals surface area contributed by atoms with Crippen molar-refractivity contribution in [2.45, 2.75) is 24.3 Å². The second kappa shape index (κ2) is 8.62. The number of nitrogens with zero attached hydrogens (tertiary/aromatic N) is 1. The van der Waals surface area contributed by atoms with Gasteiger partial charge in [0.05, 0.1) is 4.90 Å². The fraction of sp³-hybridized carbons (Fsp3) is 0.333. The molecule has 2 aromatic carbocycles. The molecule has 1 heterocycles. The van der Waals surface area contributed by atoms with E-state index in [1.165, 1.54) is 11.1 Å². The van der Waals surface area contributed by atoms with Crippen molar-refractivity contribution < 1.29 is 8.42 Å². The number of nitrogens with one attached hydrogen (secondary N) is 1. The van der Waals surface area contributed by atoms with E-state index in [2.05, 4.69) is 33.9 Å². The third-order valence-corrected chi connectivity index (χ3v) is 5.68. The van der Waals surface area contributed by atoms with Crippen LogP contribution in [0.25, 0.3) is 0 Å². The maximum Gasteiger partial charge on any atom is 0.240 e. The van der Waals surface area contributed by atoms with Gasteiger partial charge in [-0.2, -0.15) is 0 Å². The Morgan fingerprint density at radius 3 is 2.38 bits per heavy atom. The first-order valence-electron chi connectivity index (χ1n) is 7.99. The average Bonchev–Trinajstić information content (AvgIpc) is 2.59. The number of hydrogen-bond acceptors (Lipinski definition) is 3. The zero-order valence-corrected chi connectivity index (χ0v) is 15.2. The molecule has 24 heavy (non-hydrogen) atoms. The van der Waals surface area contributed by atoms with E-state index in [0.717, 1.165) is 32.5 Å². The van der Waals surface area contributed by atoms with Gasteiger partial charge in [-0.3, -0.25) is 4.90 Å². The van der Waals surface area contributed by atoms with Gasteiger partial charge in [-0.15, -0.1) is 12.4 Å². The Hall–Kier alpha value is -1.40. The van der Waals surface area contributed by atoms with E-state index in [1.54, 1.807) is 24.3 Å². The summed E-state index contributed by atoms with van der Waals surface area (Å²) in [5, 5.41) is 0. The first-order chi connectivity index (χ1) is 11.1. The first-order valence-corrected chi connectivity index (χ1v) is 9.47. The van der Waals surface area contributed by atoms with Crippen LogP contribution in [0.15, 0.2) is 59.5 Å². The molecule has 0 aromatic heterocycles. The van der Waals surface area contributed by atoms with Crippen molar-refractivity contribution >= 4 is 22.4 Å². The van der Waals surface area contributed by atoms with Gasteiger partial charge in [0.2, 0.25) is 10.0 Å². The van der Waals surface area contributed by atoms with Crippen LogP contribution in [-0.2, 0) is 23.0 Å². The molecule has 0 saturated heterocycles. The van der Waals surface area contributed by atoms with Crippen LogP contribution >= 0.6 is 12.4 Å². The number of halogens is 1. The topological polar surface area (TPSA) is 49.4 Å². The minimum atomic E-state index is -3.38. The van der Waals surface area contributed by atoms with Crippen LogP contribution < -0.4 is 4.72 Å². The van der Waals surface area contributed by atoms with Crippen LogP contribution in [0.4, 0.5) is 0 Å². The van der Waals surface area contributed by atoms with Gasteiger partial charge in [0, 0.05) is 19.6 Å². The SMILES string of the molecule is Cl.O=S(=O)(NCCCN1CCc2ccccc2C1)c1ccccc1. The summed E-state index contributed by atoms with van der Waals surface area (Å²) in [6, 6.07) is 17.1. The van der Waals surface area contributed by atoms with E-state index in [9.17, 15) is 8.42 Å². The molecular weight excluding hydrogens is 344 g/mol. The predicted molar refractivity (Wildman–Crippen MR) is 98.9 cm³/mol. The lowest BCUT2D eigenvalue weighted by atomic mass is 10.00. The molecule has 0 radical (unpaired) electrons. The summed E-state index contributed by atoms with van der Waals surface area (Å²) in [7, 11) is -3.38. The van der Waals surface area contributed by atoms with Gasteiger partial charge in [0.1, 0.15) is 0 Å². The zero-order chi connectivity index (χ0) is 16.1. The standard InChI is InChI=1S/C18H22N2O2S.ClH/c21-23(22,18-9-2-1-3-10-18)19-12-6-13-20-14-11-16-7-4-5-8-17(16)15-20;/h1-5,7-10,19H,6,11-15H2;1H. The lowest BCUT2D eigenvalue weighted by Crippen LogP contribution is -2.33. The molecule has 0 amide bonds. The molecular formula is C18H23ClN2O2S. The van der Waals surface area contributed by atoms with Crippen molar-refractivity contribution in [3.63, 3.8) is 0 Å². The van der Waals surface area contributed by atoms with Crippen LogP contribution in [0.3, 0.4) is 0 Å². The molecule has 2 aromatic rings. The molecule has 6 heteroatoms. The van der Waals surface area contributed by atoms with Crippen LogP contribution in [0, 0.1) is 0 Å². The molecule has 0 spiro atoms. The molecule has 130 valence electrons.